The Morgan fingerprint density at radius 1 is 1.53 bits per heavy atom. The second-order valence-corrected chi connectivity index (χ2v) is 3.97. The molecule has 19 heavy (non-hydrogen) atoms. The standard InChI is InChI=1S/C10H14N4O5/c15-9(16)5-14-4-8(12-13-14)10(17)11-3-7-6-18-1-2-19-7/h4,7H,1-3,5-6H2,(H,11,17)(H,15,16). The maximum absolute atomic E-state index is 11.7. The molecule has 0 radical (unpaired) electrons. The van der Waals surface area contributed by atoms with Crippen molar-refractivity contribution in [2.45, 2.75) is 12.6 Å². The topological polar surface area (TPSA) is 116 Å². The fourth-order valence-corrected chi connectivity index (χ4v) is 1.57. The zero-order valence-corrected chi connectivity index (χ0v) is 10.1. The Hall–Kier alpha value is -2.00. The zero-order valence-electron chi connectivity index (χ0n) is 10.1. The lowest BCUT2D eigenvalue weighted by Crippen LogP contribution is -2.39. The molecule has 9 heteroatoms. The number of ether oxygens (including phenoxy) is 2. The Morgan fingerprint density at radius 2 is 2.37 bits per heavy atom. The Kier molecular flexibility index (Phi) is 4.42. The van der Waals surface area contributed by atoms with E-state index in [4.69, 9.17) is 14.6 Å². The van der Waals surface area contributed by atoms with Gasteiger partial charge in [0.15, 0.2) is 5.69 Å². The van der Waals surface area contributed by atoms with Crippen LogP contribution in [0.1, 0.15) is 10.5 Å². The van der Waals surface area contributed by atoms with Crippen LogP contribution in [0.2, 0.25) is 0 Å². The van der Waals surface area contributed by atoms with Crippen molar-refractivity contribution in [3.8, 4) is 0 Å². The number of nitrogens with zero attached hydrogens (tertiary/aromatic N) is 3. The number of nitrogens with one attached hydrogen (secondary N) is 1. The summed E-state index contributed by atoms with van der Waals surface area (Å²) in [6.45, 7) is 1.49. The van der Waals surface area contributed by atoms with Crippen molar-refractivity contribution in [2.75, 3.05) is 26.4 Å². The second-order valence-electron chi connectivity index (χ2n) is 3.97. The molecule has 0 bridgehead atoms. The van der Waals surface area contributed by atoms with Gasteiger partial charge in [-0.2, -0.15) is 0 Å². The molecule has 2 rings (SSSR count). The van der Waals surface area contributed by atoms with Crippen LogP contribution >= 0.6 is 0 Å². The van der Waals surface area contributed by atoms with Crippen LogP contribution in [0.3, 0.4) is 0 Å². The highest BCUT2D eigenvalue weighted by Gasteiger charge is 2.17. The highest BCUT2D eigenvalue weighted by molar-refractivity contribution is 5.91. The molecule has 1 saturated heterocycles. The van der Waals surface area contributed by atoms with E-state index in [1.807, 2.05) is 0 Å². The SMILES string of the molecule is O=C(O)Cn1cc(C(=O)NCC2COCCO2)nn1. The fraction of sp³-hybridized carbons (Fsp3) is 0.600. The summed E-state index contributed by atoms with van der Waals surface area (Å²) in [5, 5.41) is 18.3. The van der Waals surface area contributed by atoms with Gasteiger partial charge in [-0.1, -0.05) is 5.21 Å². The summed E-state index contributed by atoms with van der Waals surface area (Å²) in [6.07, 6.45) is 1.11. The number of aromatic nitrogens is 3. The highest BCUT2D eigenvalue weighted by atomic mass is 16.6. The molecule has 1 fully saturated rings. The average molecular weight is 270 g/mol. The number of carboxylic acids is 1. The lowest BCUT2D eigenvalue weighted by Gasteiger charge is -2.22. The van der Waals surface area contributed by atoms with E-state index < -0.39 is 11.9 Å². The van der Waals surface area contributed by atoms with Crippen molar-refractivity contribution in [1.82, 2.24) is 20.3 Å². The van der Waals surface area contributed by atoms with E-state index in [1.54, 1.807) is 0 Å². The number of aliphatic carboxylic acids is 1. The molecule has 0 spiro atoms. The highest BCUT2D eigenvalue weighted by Crippen LogP contribution is 2.00. The van der Waals surface area contributed by atoms with Gasteiger partial charge >= 0.3 is 5.97 Å². The summed E-state index contributed by atoms with van der Waals surface area (Å²) < 4.78 is 11.6. The summed E-state index contributed by atoms with van der Waals surface area (Å²) in [4.78, 5) is 22.2. The normalized spacial score (nSPS) is 19.1. The minimum absolute atomic E-state index is 0.0676. The number of hydrogen-bond acceptors (Lipinski definition) is 6. The molecule has 1 amide bonds. The lowest BCUT2D eigenvalue weighted by molar-refractivity contribution is -0.137. The first kappa shape index (κ1) is 13.4. The zero-order chi connectivity index (χ0) is 13.7. The smallest absolute Gasteiger partial charge is 0.325 e. The minimum atomic E-state index is -1.05. The largest absolute Gasteiger partial charge is 0.480 e. The lowest BCUT2D eigenvalue weighted by atomic mass is 10.3. The van der Waals surface area contributed by atoms with Gasteiger partial charge in [0, 0.05) is 6.54 Å². The predicted molar refractivity (Wildman–Crippen MR) is 60.6 cm³/mol. The van der Waals surface area contributed by atoms with Gasteiger partial charge in [-0.05, 0) is 0 Å². The van der Waals surface area contributed by atoms with E-state index in [1.165, 1.54) is 6.20 Å². The van der Waals surface area contributed by atoms with Gasteiger partial charge in [-0.15, -0.1) is 5.10 Å². The third-order valence-electron chi connectivity index (χ3n) is 2.44. The molecule has 1 unspecified atom stereocenters. The summed E-state index contributed by atoms with van der Waals surface area (Å²) in [6, 6.07) is 0. The van der Waals surface area contributed by atoms with Gasteiger partial charge < -0.3 is 19.9 Å². The number of carbonyl (C=O) groups excluding carboxylic acids is 1. The molecule has 1 aromatic rings. The molecule has 1 aromatic heterocycles. The predicted octanol–water partition coefficient (Wildman–Crippen LogP) is -1.49. The van der Waals surface area contributed by atoms with Crippen molar-refractivity contribution in [3.63, 3.8) is 0 Å². The number of carboxylic acid groups (broad SMARTS) is 1. The van der Waals surface area contributed by atoms with Crippen LogP contribution in [0, 0.1) is 0 Å². The van der Waals surface area contributed by atoms with Crippen molar-refractivity contribution in [1.29, 1.82) is 0 Å². The Bertz CT molecular complexity index is 455. The van der Waals surface area contributed by atoms with Gasteiger partial charge in [0.2, 0.25) is 0 Å². The maximum atomic E-state index is 11.7. The molecule has 2 heterocycles. The van der Waals surface area contributed by atoms with E-state index in [0.717, 1.165) is 4.68 Å². The van der Waals surface area contributed by atoms with Crippen LogP contribution in [-0.2, 0) is 20.8 Å². The van der Waals surface area contributed by atoms with E-state index in [9.17, 15) is 9.59 Å². The molecule has 9 nitrogen and oxygen atoms in total. The monoisotopic (exact) mass is 270 g/mol. The van der Waals surface area contributed by atoms with Crippen LogP contribution in [0.5, 0.6) is 0 Å². The Labute approximate surface area is 108 Å². The number of carbonyl (C=O) groups is 2. The molecule has 0 saturated carbocycles. The number of hydrogen-bond donors (Lipinski definition) is 2. The van der Waals surface area contributed by atoms with E-state index in [0.29, 0.717) is 26.4 Å². The molecular formula is C10H14N4O5. The fourth-order valence-electron chi connectivity index (χ4n) is 1.57. The molecule has 0 aliphatic carbocycles. The maximum Gasteiger partial charge on any atom is 0.325 e. The van der Waals surface area contributed by atoms with Crippen LogP contribution in [0.4, 0.5) is 0 Å². The van der Waals surface area contributed by atoms with Gasteiger partial charge in [0.1, 0.15) is 6.54 Å². The van der Waals surface area contributed by atoms with E-state index in [-0.39, 0.29) is 18.3 Å². The summed E-state index contributed by atoms with van der Waals surface area (Å²) >= 11 is 0. The molecular weight excluding hydrogens is 256 g/mol. The third-order valence-corrected chi connectivity index (χ3v) is 2.44. The van der Waals surface area contributed by atoms with E-state index in [2.05, 4.69) is 15.6 Å². The molecule has 1 aliphatic heterocycles. The van der Waals surface area contributed by atoms with Crippen LogP contribution in [0.15, 0.2) is 6.20 Å². The number of rotatable bonds is 5. The van der Waals surface area contributed by atoms with E-state index >= 15 is 0 Å². The molecule has 0 aromatic carbocycles. The van der Waals surface area contributed by atoms with Crippen LogP contribution in [0.25, 0.3) is 0 Å². The van der Waals surface area contributed by atoms with Crippen molar-refractivity contribution in [2.24, 2.45) is 0 Å². The summed E-state index contributed by atoms with van der Waals surface area (Å²) in [5.41, 5.74) is 0.0676. The Balaban J connectivity index is 1.81. The first-order chi connectivity index (χ1) is 9.15. The minimum Gasteiger partial charge on any atom is -0.480 e. The van der Waals surface area contributed by atoms with Gasteiger partial charge in [0.05, 0.1) is 32.1 Å². The van der Waals surface area contributed by atoms with Crippen LogP contribution in [-0.4, -0.2) is 64.4 Å². The average Bonchev–Trinajstić information content (AvgIpc) is 2.85. The van der Waals surface area contributed by atoms with Gasteiger partial charge in [-0.25, -0.2) is 4.68 Å². The second kappa shape index (κ2) is 6.25. The summed E-state index contributed by atoms with van der Waals surface area (Å²) in [5.74, 6) is -1.48. The molecule has 104 valence electrons. The van der Waals surface area contributed by atoms with Crippen molar-refractivity contribution >= 4 is 11.9 Å². The quantitative estimate of drug-likeness (QED) is 0.669. The van der Waals surface area contributed by atoms with Gasteiger partial charge in [-0.3, -0.25) is 9.59 Å². The third kappa shape index (κ3) is 4.00. The summed E-state index contributed by atoms with van der Waals surface area (Å²) in [7, 11) is 0. The van der Waals surface area contributed by atoms with Crippen molar-refractivity contribution in [3.05, 3.63) is 11.9 Å². The van der Waals surface area contributed by atoms with Crippen molar-refractivity contribution < 1.29 is 24.2 Å². The number of amides is 1. The molecule has 1 atom stereocenters. The van der Waals surface area contributed by atoms with Crippen LogP contribution < -0.4 is 5.32 Å². The Morgan fingerprint density at radius 3 is 3.05 bits per heavy atom. The first-order valence-corrected chi connectivity index (χ1v) is 5.74. The first-order valence-electron chi connectivity index (χ1n) is 5.74. The van der Waals surface area contributed by atoms with Gasteiger partial charge in [0.25, 0.3) is 5.91 Å². The molecule has 2 N–H and O–H groups in total. The molecule has 1 aliphatic rings.